The van der Waals surface area contributed by atoms with Crippen LogP contribution in [0.25, 0.3) is 0 Å². The molecule has 0 aliphatic rings. The highest BCUT2D eigenvalue weighted by molar-refractivity contribution is 5.93. The average Bonchev–Trinajstić information content (AvgIpc) is 2.57. The fraction of sp³-hybridized carbons (Fsp3) is 0.429. The summed E-state index contributed by atoms with van der Waals surface area (Å²) < 4.78 is 9.41. The van der Waals surface area contributed by atoms with Crippen molar-refractivity contribution in [1.82, 2.24) is 0 Å². The maximum absolute atomic E-state index is 11.4. The fourth-order valence-electron chi connectivity index (χ4n) is 1.19. The monoisotopic (exact) mass is 316 g/mol. The molecule has 0 fully saturated rings. The normalized spacial score (nSPS) is 9.45. The molecule has 0 saturated heterocycles. The van der Waals surface area contributed by atoms with Crippen molar-refractivity contribution in [3.8, 4) is 0 Å². The second-order valence-corrected chi connectivity index (χ2v) is 3.74. The van der Waals surface area contributed by atoms with Crippen LogP contribution >= 0.6 is 0 Å². The lowest BCUT2D eigenvalue weighted by Gasteiger charge is -2.05. The lowest BCUT2D eigenvalue weighted by molar-refractivity contribution is 0.0422. The van der Waals surface area contributed by atoms with Gasteiger partial charge >= 0.3 is 11.9 Å². The first-order chi connectivity index (χ1) is 10.6. The van der Waals surface area contributed by atoms with Crippen molar-refractivity contribution in [1.29, 1.82) is 0 Å². The molecule has 1 rings (SSSR count). The van der Waals surface area contributed by atoms with Crippen LogP contribution in [-0.4, -0.2) is 72.0 Å². The van der Waals surface area contributed by atoms with E-state index in [1.807, 2.05) is 0 Å². The Morgan fingerprint density at radius 1 is 0.682 bits per heavy atom. The maximum Gasteiger partial charge on any atom is 0.338 e. The second-order valence-electron chi connectivity index (χ2n) is 3.74. The largest absolute Gasteiger partial charge is 0.460 e. The van der Waals surface area contributed by atoms with Crippen molar-refractivity contribution in [3.63, 3.8) is 0 Å². The Morgan fingerprint density at radius 3 is 1.23 bits per heavy atom. The fourth-order valence-corrected chi connectivity index (χ4v) is 1.19. The zero-order valence-electron chi connectivity index (χ0n) is 12.0. The van der Waals surface area contributed by atoms with Crippen LogP contribution in [0.4, 0.5) is 0 Å². The summed E-state index contributed by atoms with van der Waals surface area (Å²) in [5.74, 6) is -1.14. The summed E-state index contributed by atoms with van der Waals surface area (Å²) in [5, 5.41) is 32.3. The summed E-state index contributed by atoms with van der Waals surface area (Å²) >= 11 is 0. The van der Waals surface area contributed by atoms with Gasteiger partial charge in [0.1, 0.15) is 13.2 Å². The van der Waals surface area contributed by atoms with E-state index in [0.717, 1.165) is 0 Å². The van der Waals surface area contributed by atoms with E-state index >= 15 is 0 Å². The van der Waals surface area contributed by atoms with Gasteiger partial charge in [0.25, 0.3) is 0 Å². The van der Waals surface area contributed by atoms with Crippen LogP contribution < -0.4 is 0 Å². The quantitative estimate of drug-likeness (QED) is 0.469. The van der Waals surface area contributed by atoms with Crippen LogP contribution in [-0.2, 0) is 9.47 Å². The Hall–Kier alpha value is -2.00. The van der Waals surface area contributed by atoms with E-state index in [0.29, 0.717) is 0 Å². The molecule has 0 amide bonds. The van der Waals surface area contributed by atoms with Crippen LogP contribution in [0.2, 0.25) is 0 Å². The highest BCUT2D eigenvalue weighted by atomic mass is 16.5. The Balaban J connectivity index is 0.000000980. The zero-order valence-corrected chi connectivity index (χ0v) is 12.0. The number of rotatable bonds is 7. The number of aliphatic hydroxyl groups is 4. The molecular weight excluding hydrogens is 296 g/mol. The second kappa shape index (κ2) is 12.7. The van der Waals surface area contributed by atoms with E-state index < -0.39 is 11.9 Å². The number of carbonyl (C=O) groups is 2. The molecule has 8 nitrogen and oxygen atoms in total. The molecule has 0 spiro atoms. The Morgan fingerprint density at radius 2 is 1.00 bits per heavy atom. The third-order valence-corrected chi connectivity index (χ3v) is 2.11. The molecule has 8 heteroatoms. The van der Waals surface area contributed by atoms with Gasteiger partial charge in [0.15, 0.2) is 0 Å². The summed E-state index contributed by atoms with van der Waals surface area (Å²) in [5.41, 5.74) is 0.560. The van der Waals surface area contributed by atoms with Gasteiger partial charge < -0.3 is 29.9 Å². The van der Waals surface area contributed by atoms with Crippen molar-refractivity contribution >= 4 is 11.9 Å². The Labute approximate surface area is 127 Å². The summed E-state index contributed by atoms with van der Waals surface area (Å²) in [7, 11) is 0. The van der Waals surface area contributed by atoms with Crippen LogP contribution in [0.15, 0.2) is 24.3 Å². The maximum atomic E-state index is 11.4. The van der Waals surface area contributed by atoms with Gasteiger partial charge in [0, 0.05) is 0 Å². The topological polar surface area (TPSA) is 134 Å². The molecule has 4 N–H and O–H groups in total. The molecule has 0 saturated carbocycles. The minimum absolute atomic E-state index is 0.0703. The van der Waals surface area contributed by atoms with Crippen molar-refractivity contribution in [2.45, 2.75) is 0 Å². The molecule has 0 bridgehead atoms. The third-order valence-electron chi connectivity index (χ3n) is 2.11. The predicted molar refractivity (Wildman–Crippen MR) is 75.4 cm³/mol. The molecule has 0 aromatic heterocycles. The molecule has 22 heavy (non-hydrogen) atoms. The molecule has 1 aromatic carbocycles. The van der Waals surface area contributed by atoms with Gasteiger partial charge in [-0.3, -0.25) is 0 Å². The summed E-state index contributed by atoms with van der Waals surface area (Å²) in [6.07, 6.45) is 0. The molecule has 0 aliphatic heterocycles. The summed E-state index contributed by atoms with van der Waals surface area (Å²) in [6.45, 7) is -0.868. The summed E-state index contributed by atoms with van der Waals surface area (Å²) in [4.78, 5) is 22.7. The number of benzene rings is 1. The van der Waals surface area contributed by atoms with Crippen molar-refractivity contribution in [3.05, 3.63) is 35.4 Å². The van der Waals surface area contributed by atoms with Crippen molar-refractivity contribution in [2.75, 3.05) is 39.6 Å². The number of ether oxygens (including phenoxy) is 2. The van der Waals surface area contributed by atoms with Gasteiger partial charge in [-0.2, -0.15) is 0 Å². The molecule has 0 heterocycles. The zero-order chi connectivity index (χ0) is 16.8. The predicted octanol–water partition coefficient (Wildman–Crippen LogP) is -1.04. The average molecular weight is 316 g/mol. The number of hydrogen-bond acceptors (Lipinski definition) is 8. The van der Waals surface area contributed by atoms with E-state index in [-0.39, 0.29) is 50.8 Å². The molecule has 0 unspecified atom stereocenters. The Bertz CT molecular complexity index is 388. The van der Waals surface area contributed by atoms with Gasteiger partial charge in [-0.15, -0.1) is 0 Å². The minimum atomic E-state index is -0.570. The van der Waals surface area contributed by atoms with Gasteiger partial charge in [0.05, 0.1) is 37.6 Å². The number of hydrogen-bond donors (Lipinski definition) is 4. The third kappa shape index (κ3) is 8.32. The van der Waals surface area contributed by atoms with Crippen molar-refractivity contribution < 1.29 is 39.5 Å². The number of esters is 2. The Kier molecular flexibility index (Phi) is 11.6. The van der Waals surface area contributed by atoms with E-state index in [2.05, 4.69) is 0 Å². The highest BCUT2D eigenvalue weighted by Gasteiger charge is 2.10. The standard InChI is InChI=1S/C12H14O6.C2H6O2/c13-5-7-17-11(15)9-1-2-10(4-3-9)12(16)18-8-6-14;3-1-2-4/h1-4,13-14H,5-8H2;3-4H,1-2H2. The van der Waals surface area contributed by atoms with Gasteiger partial charge in [-0.1, -0.05) is 0 Å². The van der Waals surface area contributed by atoms with Crippen LogP contribution in [0.3, 0.4) is 0 Å². The molecule has 0 atom stereocenters. The molecule has 0 aliphatic carbocycles. The SMILES string of the molecule is O=C(OCCO)c1ccc(C(=O)OCCO)cc1.OCCO. The van der Waals surface area contributed by atoms with E-state index in [9.17, 15) is 9.59 Å². The van der Waals surface area contributed by atoms with Gasteiger partial charge in [0.2, 0.25) is 0 Å². The summed E-state index contributed by atoms with van der Waals surface area (Å²) in [6, 6.07) is 5.70. The first kappa shape index (κ1) is 20.0. The number of aliphatic hydroxyl groups excluding tert-OH is 4. The molecular formula is C14H20O8. The van der Waals surface area contributed by atoms with Crippen LogP contribution in [0.5, 0.6) is 0 Å². The van der Waals surface area contributed by atoms with Crippen molar-refractivity contribution in [2.24, 2.45) is 0 Å². The highest BCUT2D eigenvalue weighted by Crippen LogP contribution is 2.07. The van der Waals surface area contributed by atoms with Gasteiger partial charge in [-0.05, 0) is 24.3 Å². The van der Waals surface area contributed by atoms with E-state index in [1.54, 1.807) is 0 Å². The van der Waals surface area contributed by atoms with Crippen LogP contribution in [0.1, 0.15) is 20.7 Å². The van der Waals surface area contributed by atoms with Gasteiger partial charge in [-0.25, -0.2) is 9.59 Å². The molecule has 124 valence electrons. The first-order valence-electron chi connectivity index (χ1n) is 6.48. The first-order valence-corrected chi connectivity index (χ1v) is 6.48. The molecule has 0 radical (unpaired) electrons. The van der Waals surface area contributed by atoms with Crippen LogP contribution in [0, 0.1) is 0 Å². The lowest BCUT2D eigenvalue weighted by Crippen LogP contribution is -2.11. The van der Waals surface area contributed by atoms with E-state index in [4.69, 9.17) is 29.9 Å². The lowest BCUT2D eigenvalue weighted by atomic mass is 10.1. The molecule has 1 aromatic rings. The minimum Gasteiger partial charge on any atom is -0.460 e. The number of carbonyl (C=O) groups excluding carboxylic acids is 2. The smallest absolute Gasteiger partial charge is 0.338 e. The van der Waals surface area contributed by atoms with E-state index in [1.165, 1.54) is 24.3 Å².